The summed E-state index contributed by atoms with van der Waals surface area (Å²) in [6.45, 7) is 2.68. The van der Waals surface area contributed by atoms with Crippen LogP contribution in [0.4, 0.5) is 17.2 Å². The molecule has 2 N–H and O–H groups in total. The Morgan fingerprint density at radius 3 is 2.71 bits per heavy atom. The number of hydrogen-bond donors (Lipinski definition) is 2. The first kappa shape index (κ1) is 15.2. The van der Waals surface area contributed by atoms with Gasteiger partial charge >= 0.3 is 0 Å². The molecule has 0 spiro atoms. The van der Waals surface area contributed by atoms with Gasteiger partial charge in [-0.05, 0) is 35.0 Å². The molecule has 1 aromatic heterocycles. The Bertz CT molecular complexity index is 622. The minimum atomic E-state index is -0.471. The van der Waals surface area contributed by atoms with Gasteiger partial charge in [-0.25, -0.2) is 4.98 Å². The zero-order valence-corrected chi connectivity index (χ0v) is 13.0. The fourth-order valence-electron chi connectivity index (χ4n) is 1.78. The fraction of sp³-hybridized carbons (Fsp3) is 0.214. The van der Waals surface area contributed by atoms with Crippen LogP contribution in [0.15, 0.2) is 47.1 Å². The minimum Gasteiger partial charge on any atom is -0.381 e. The third-order valence-electron chi connectivity index (χ3n) is 2.80. The van der Waals surface area contributed by atoms with Gasteiger partial charge in [0.05, 0.1) is 9.40 Å². The van der Waals surface area contributed by atoms with E-state index in [-0.39, 0.29) is 11.7 Å². The molecule has 1 atom stereocenters. The van der Waals surface area contributed by atoms with Crippen molar-refractivity contribution in [2.24, 2.45) is 0 Å². The minimum absolute atomic E-state index is 0.0390. The van der Waals surface area contributed by atoms with Crippen LogP contribution in [0.1, 0.15) is 6.92 Å². The van der Waals surface area contributed by atoms with Crippen molar-refractivity contribution in [3.05, 3.63) is 57.2 Å². The first-order chi connectivity index (χ1) is 10.1. The summed E-state index contributed by atoms with van der Waals surface area (Å²) in [5.41, 5.74) is 1.01. The monoisotopic (exact) mass is 350 g/mol. The Labute approximate surface area is 130 Å². The lowest BCUT2D eigenvalue weighted by Crippen LogP contribution is -2.25. The van der Waals surface area contributed by atoms with E-state index in [0.717, 1.165) is 5.69 Å². The van der Waals surface area contributed by atoms with E-state index in [9.17, 15) is 10.1 Å². The second-order valence-corrected chi connectivity index (χ2v) is 5.43. The SMILES string of the molecule is CC(CNc1ncc([N+](=O)[O-])cc1Br)Nc1ccccc1. The Morgan fingerprint density at radius 1 is 1.38 bits per heavy atom. The van der Waals surface area contributed by atoms with Crippen LogP contribution in [-0.4, -0.2) is 22.5 Å². The number of nitro groups is 1. The molecule has 0 aliphatic rings. The highest BCUT2D eigenvalue weighted by molar-refractivity contribution is 9.10. The number of halogens is 1. The van der Waals surface area contributed by atoms with E-state index in [4.69, 9.17) is 0 Å². The molecule has 2 rings (SSSR count). The molecule has 0 saturated carbocycles. The van der Waals surface area contributed by atoms with Gasteiger partial charge in [0.1, 0.15) is 12.0 Å². The van der Waals surface area contributed by atoms with Crippen molar-refractivity contribution in [1.82, 2.24) is 4.98 Å². The van der Waals surface area contributed by atoms with Gasteiger partial charge < -0.3 is 10.6 Å². The molecule has 7 heteroatoms. The molecule has 6 nitrogen and oxygen atoms in total. The van der Waals surface area contributed by atoms with E-state index in [2.05, 4.69) is 31.5 Å². The highest BCUT2D eigenvalue weighted by atomic mass is 79.9. The van der Waals surface area contributed by atoms with Gasteiger partial charge in [-0.3, -0.25) is 10.1 Å². The summed E-state index contributed by atoms with van der Waals surface area (Å²) in [5, 5.41) is 17.2. The number of anilines is 2. The van der Waals surface area contributed by atoms with Gasteiger partial charge in [-0.2, -0.15) is 0 Å². The number of benzene rings is 1. The van der Waals surface area contributed by atoms with Crippen LogP contribution in [-0.2, 0) is 0 Å². The zero-order chi connectivity index (χ0) is 15.2. The second kappa shape index (κ2) is 7.03. The normalized spacial score (nSPS) is 11.7. The van der Waals surface area contributed by atoms with Crippen LogP contribution in [0.2, 0.25) is 0 Å². The maximum atomic E-state index is 10.6. The predicted molar refractivity (Wildman–Crippen MR) is 86.6 cm³/mol. The van der Waals surface area contributed by atoms with E-state index < -0.39 is 4.92 Å². The van der Waals surface area contributed by atoms with Gasteiger partial charge in [0.2, 0.25) is 0 Å². The highest BCUT2D eigenvalue weighted by Gasteiger charge is 2.11. The molecule has 110 valence electrons. The molecule has 0 bridgehead atoms. The van der Waals surface area contributed by atoms with Crippen LogP contribution >= 0.6 is 15.9 Å². The number of pyridine rings is 1. The summed E-state index contributed by atoms with van der Waals surface area (Å²) < 4.78 is 0.573. The number of nitrogens with one attached hydrogen (secondary N) is 2. The average Bonchev–Trinajstić information content (AvgIpc) is 2.47. The Hall–Kier alpha value is -2.15. The molecule has 0 radical (unpaired) electrons. The van der Waals surface area contributed by atoms with Crippen molar-refractivity contribution in [3.8, 4) is 0 Å². The van der Waals surface area contributed by atoms with E-state index >= 15 is 0 Å². The molecule has 1 unspecified atom stereocenters. The summed E-state index contributed by atoms with van der Waals surface area (Å²) in [6, 6.07) is 11.5. The topological polar surface area (TPSA) is 80.1 Å². The third kappa shape index (κ3) is 4.42. The van der Waals surface area contributed by atoms with Crippen molar-refractivity contribution in [2.75, 3.05) is 17.2 Å². The maximum Gasteiger partial charge on any atom is 0.288 e. The van der Waals surface area contributed by atoms with Crippen molar-refractivity contribution in [3.63, 3.8) is 0 Å². The van der Waals surface area contributed by atoms with Gasteiger partial charge in [0.25, 0.3) is 5.69 Å². The third-order valence-corrected chi connectivity index (χ3v) is 3.40. The van der Waals surface area contributed by atoms with E-state index in [1.165, 1.54) is 12.3 Å². The van der Waals surface area contributed by atoms with E-state index in [1.54, 1.807) is 0 Å². The van der Waals surface area contributed by atoms with Crippen LogP contribution in [0, 0.1) is 10.1 Å². The molecule has 0 aliphatic carbocycles. The molecule has 21 heavy (non-hydrogen) atoms. The molecule has 0 saturated heterocycles. The first-order valence-corrected chi connectivity index (χ1v) is 7.21. The smallest absolute Gasteiger partial charge is 0.288 e. The van der Waals surface area contributed by atoms with Crippen molar-refractivity contribution >= 4 is 33.1 Å². The van der Waals surface area contributed by atoms with Gasteiger partial charge in [-0.15, -0.1) is 0 Å². The van der Waals surface area contributed by atoms with Gasteiger partial charge in [0.15, 0.2) is 0 Å². The Balaban J connectivity index is 1.92. The largest absolute Gasteiger partial charge is 0.381 e. The molecular formula is C14H15BrN4O2. The van der Waals surface area contributed by atoms with Gasteiger partial charge in [0, 0.05) is 24.3 Å². The summed E-state index contributed by atoms with van der Waals surface area (Å²) in [6.07, 6.45) is 1.24. The lowest BCUT2D eigenvalue weighted by atomic mass is 10.2. The lowest BCUT2D eigenvalue weighted by Gasteiger charge is -2.16. The quantitative estimate of drug-likeness (QED) is 0.613. The molecule has 0 aliphatic heterocycles. The second-order valence-electron chi connectivity index (χ2n) is 4.57. The number of para-hydroxylation sites is 1. The number of hydrogen-bond acceptors (Lipinski definition) is 5. The zero-order valence-electron chi connectivity index (χ0n) is 11.4. The number of aromatic nitrogens is 1. The van der Waals surface area contributed by atoms with Crippen LogP contribution < -0.4 is 10.6 Å². The fourth-order valence-corrected chi connectivity index (χ4v) is 2.25. The Kier molecular flexibility index (Phi) is 5.10. The molecule has 2 aromatic rings. The van der Waals surface area contributed by atoms with Crippen LogP contribution in [0.5, 0.6) is 0 Å². The molecule has 0 fully saturated rings. The summed E-state index contributed by atoms with van der Waals surface area (Å²) in [7, 11) is 0. The first-order valence-electron chi connectivity index (χ1n) is 6.41. The summed E-state index contributed by atoms with van der Waals surface area (Å²) in [4.78, 5) is 14.2. The molecular weight excluding hydrogens is 336 g/mol. The van der Waals surface area contributed by atoms with Crippen molar-refractivity contribution in [2.45, 2.75) is 13.0 Å². The summed E-state index contributed by atoms with van der Waals surface area (Å²) in [5.74, 6) is 0.585. The van der Waals surface area contributed by atoms with Crippen molar-refractivity contribution in [1.29, 1.82) is 0 Å². The molecule has 1 heterocycles. The molecule has 0 amide bonds. The summed E-state index contributed by atoms with van der Waals surface area (Å²) >= 11 is 3.28. The number of nitrogens with zero attached hydrogens (tertiary/aromatic N) is 2. The van der Waals surface area contributed by atoms with Gasteiger partial charge in [-0.1, -0.05) is 18.2 Å². The highest BCUT2D eigenvalue weighted by Crippen LogP contribution is 2.24. The standard InChI is InChI=1S/C14H15BrN4O2/c1-10(18-11-5-3-2-4-6-11)8-16-14-13(15)7-12(9-17-14)19(20)21/h2-7,9-10,18H,8H2,1H3,(H,16,17). The van der Waals surface area contributed by atoms with Crippen molar-refractivity contribution < 1.29 is 4.92 Å². The predicted octanol–water partition coefficient (Wildman–Crippen LogP) is 3.66. The van der Waals surface area contributed by atoms with Crippen LogP contribution in [0.25, 0.3) is 0 Å². The lowest BCUT2D eigenvalue weighted by molar-refractivity contribution is -0.385. The molecule has 1 aromatic carbocycles. The van der Waals surface area contributed by atoms with Crippen LogP contribution in [0.3, 0.4) is 0 Å². The van der Waals surface area contributed by atoms with E-state index in [0.29, 0.717) is 16.8 Å². The van der Waals surface area contributed by atoms with E-state index in [1.807, 2.05) is 37.3 Å². The number of rotatable bonds is 6. The Morgan fingerprint density at radius 2 is 2.10 bits per heavy atom. The average molecular weight is 351 g/mol. The maximum absolute atomic E-state index is 10.6.